The van der Waals surface area contributed by atoms with Gasteiger partial charge in [0.15, 0.2) is 0 Å². The molecule has 1 heterocycles. The first kappa shape index (κ1) is 9.39. The molecule has 2 nitrogen and oxygen atoms in total. The Hall–Kier alpha value is -0.700. The van der Waals surface area contributed by atoms with Gasteiger partial charge in [-0.1, -0.05) is 0 Å². The molecule has 0 fully saturated rings. The molecular weight excluding hydrogens is 168 g/mol. The highest BCUT2D eigenvalue weighted by atomic mass is 32.2. The Morgan fingerprint density at radius 1 is 1.58 bits per heavy atom. The first-order chi connectivity index (χ1) is 5.86. The van der Waals surface area contributed by atoms with E-state index in [0.717, 1.165) is 18.1 Å². The summed E-state index contributed by atoms with van der Waals surface area (Å²) in [6, 6.07) is 4.15. The third-order valence-corrected chi connectivity index (χ3v) is 2.12. The molecule has 0 unspecified atom stereocenters. The monoisotopic (exact) mass is 182 g/mol. The van der Waals surface area contributed by atoms with Crippen LogP contribution in [0.4, 0.5) is 5.82 Å². The van der Waals surface area contributed by atoms with Gasteiger partial charge in [-0.05, 0) is 30.9 Å². The fourth-order valence-corrected chi connectivity index (χ4v) is 1.52. The highest BCUT2D eigenvalue weighted by Crippen LogP contribution is 2.11. The largest absolute Gasteiger partial charge is 0.370 e. The van der Waals surface area contributed by atoms with Gasteiger partial charge in [-0.15, -0.1) is 0 Å². The zero-order valence-corrected chi connectivity index (χ0v) is 8.32. The Labute approximate surface area is 77.8 Å². The number of thioether (sulfide) groups is 1. The topological polar surface area (TPSA) is 24.9 Å². The van der Waals surface area contributed by atoms with Gasteiger partial charge in [0.2, 0.25) is 0 Å². The number of nitrogens with one attached hydrogen (secondary N) is 1. The summed E-state index contributed by atoms with van der Waals surface area (Å²) in [5.74, 6) is 2.03. The van der Waals surface area contributed by atoms with E-state index in [1.165, 1.54) is 5.56 Å². The molecule has 0 aliphatic heterocycles. The van der Waals surface area contributed by atoms with Crippen molar-refractivity contribution >= 4 is 17.6 Å². The Kier molecular flexibility index (Phi) is 3.94. The van der Waals surface area contributed by atoms with Crippen LogP contribution in [0.3, 0.4) is 0 Å². The molecule has 0 aromatic carbocycles. The summed E-state index contributed by atoms with van der Waals surface area (Å²) in [7, 11) is 0. The van der Waals surface area contributed by atoms with E-state index in [-0.39, 0.29) is 0 Å². The summed E-state index contributed by atoms with van der Waals surface area (Å²) in [5, 5.41) is 3.19. The third kappa shape index (κ3) is 2.74. The molecule has 0 saturated heterocycles. The molecule has 0 saturated carbocycles. The number of hydrogen-bond acceptors (Lipinski definition) is 3. The average Bonchev–Trinajstić information content (AvgIpc) is 2.06. The predicted molar refractivity (Wildman–Crippen MR) is 55.6 cm³/mol. The van der Waals surface area contributed by atoms with Gasteiger partial charge in [0.25, 0.3) is 0 Å². The van der Waals surface area contributed by atoms with Crippen LogP contribution in [0, 0.1) is 0 Å². The maximum absolute atomic E-state index is 4.19. The van der Waals surface area contributed by atoms with E-state index in [9.17, 15) is 0 Å². The molecular formula is C9H14N2S. The predicted octanol–water partition coefficient (Wildman–Crippen LogP) is 2.38. The third-order valence-electron chi connectivity index (χ3n) is 1.49. The second-order valence-corrected chi connectivity index (χ2v) is 3.38. The van der Waals surface area contributed by atoms with Crippen molar-refractivity contribution in [3.05, 3.63) is 23.9 Å². The van der Waals surface area contributed by atoms with Crippen LogP contribution in [0.2, 0.25) is 0 Å². The van der Waals surface area contributed by atoms with Crippen LogP contribution in [0.15, 0.2) is 18.3 Å². The van der Waals surface area contributed by atoms with Gasteiger partial charge in [0, 0.05) is 18.5 Å². The molecule has 1 aromatic heterocycles. The lowest BCUT2D eigenvalue weighted by Crippen LogP contribution is -1.99. The van der Waals surface area contributed by atoms with Crippen LogP contribution >= 0.6 is 11.8 Å². The quantitative estimate of drug-likeness (QED) is 0.774. The van der Waals surface area contributed by atoms with E-state index in [4.69, 9.17) is 0 Å². The molecule has 0 atom stereocenters. The Bertz CT molecular complexity index is 216. The Balaban J connectivity index is 2.67. The smallest absolute Gasteiger partial charge is 0.126 e. The van der Waals surface area contributed by atoms with Gasteiger partial charge in [0.1, 0.15) is 5.82 Å². The minimum Gasteiger partial charge on any atom is -0.370 e. The standard InChI is InChI=1S/C9H14N2S/c1-3-10-9-6-8(7-12-2)4-5-11-9/h4-6H,3,7H2,1-2H3,(H,10,11). The average molecular weight is 182 g/mol. The lowest BCUT2D eigenvalue weighted by molar-refractivity contribution is 1.15. The minimum atomic E-state index is 0.926. The fraction of sp³-hybridized carbons (Fsp3) is 0.444. The number of pyridine rings is 1. The molecule has 0 bridgehead atoms. The molecule has 1 N–H and O–H groups in total. The number of nitrogens with zero attached hydrogens (tertiary/aromatic N) is 1. The summed E-state index contributed by atoms with van der Waals surface area (Å²) in [4.78, 5) is 4.19. The van der Waals surface area contributed by atoms with Gasteiger partial charge in [0.05, 0.1) is 0 Å². The van der Waals surface area contributed by atoms with E-state index in [2.05, 4.69) is 35.6 Å². The van der Waals surface area contributed by atoms with E-state index >= 15 is 0 Å². The molecule has 0 aliphatic rings. The molecule has 3 heteroatoms. The van der Waals surface area contributed by atoms with Crippen LogP contribution in [0.1, 0.15) is 12.5 Å². The summed E-state index contributed by atoms with van der Waals surface area (Å²) in [5.41, 5.74) is 1.33. The molecule has 1 aromatic rings. The van der Waals surface area contributed by atoms with Crippen LogP contribution in [-0.4, -0.2) is 17.8 Å². The van der Waals surface area contributed by atoms with Gasteiger partial charge in [-0.3, -0.25) is 0 Å². The maximum Gasteiger partial charge on any atom is 0.126 e. The van der Waals surface area contributed by atoms with Gasteiger partial charge in [-0.25, -0.2) is 4.98 Å². The molecule has 66 valence electrons. The van der Waals surface area contributed by atoms with Crippen LogP contribution < -0.4 is 5.32 Å². The van der Waals surface area contributed by atoms with Crippen LogP contribution in [0.25, 0.3) is 0 Å². The molecule has 0 amide bonds. The minimum absolute atomic E-state index is 0.926. The summed E-state index contributed by atoms with van der Waals surface area (Å²) in [6.45, 7) is 3.00. The summed E-state index contributed by atoms with van der Waals surface area (Å²) >= 11 is 1.83. The van der Waals surface area contributed by atoms with Crippen molar-refractivity contribution < 1.29 is 0 Å². The highest BCUT2D eigenvalue weighted by molar-refractivity contribution is 7.97. The summed E-state index contributed by atoms with van der Waals surface area (Å²) in [6.07, 6.45) is 3.96. The van der Waals surface area contributed by atoms with Gasteiger partial charge >= 0.3 is 0 Å². The second kappa shape index (κ2) is 5.04. The number of rotatable bonds is 4. The highest BCUT2D eigenvalue weighted by Gasteiger charge is 1.94. The molecule has 0 radical (unpaired) electrons. The fourth-order valence-electron chi connectivity index (χ4n) is 1.01. The van der Waals surface area contributed by atoms with Crippen molar-refractivity contribution in [3.63, 3.8) is 0 Å². The zero-order chi connectivity index (χ0) is 8.81. The molecule has 12 heavy (non-hydrogen) atoms. The first-order valence-corrected chi connectivity index (χ1v) is 5.44. The maximum atomic E-state index is 4.19. The lowest BCUT2D eigenvalue weighted by Gasteiger charge is -2.03. The van der Waals surface area contributed by atoms with Crippen molar-refractivity contribution in [2.75, 3.05) is 18.1 Å². The van der Waals surface area contributed by atoms with Crippen LogP contribution in [-0.2, 0) is 5.75 Å². The van der Waals surface area contributed by atoms with Crippen LogP contribution in [0.5, 0.6) is 0 Å². The van der Waals surface area contributed by atoms with E-state index in [0.29, 0.717) is 0 Å². The SMILES string of the molecule is CCNc1cc(CSC)ccn1. The van der Waals surface area contributed by atoms with Crippen molar-refractivity contribution in [2.24, 2.45) is 0 Å². The Morgan fingerprint density at radius 2 is 2.42 bits per heavy atom. The normalized spacial score (nSPS) is 9.83. The van der Waals surface area contributed by atoms with Crippen molar-refractivity contribution in [1.82, 2.24) is 4.98 Å². The van der Waals surface area contributed by atoms with Gasteiger partial charge in [-0.2, -0.15) is 11.8 Å². The van der Waals surface area contributed by atoms with Crippen molar-refractivity contribution in [2.45, 2.75) is 12.7 Å². The molecule has 0 aliphatic carbocycles. The first-order valence-electron chi connectivity index (χ1n) is 4.04. The van der Waals surface area contributed by atoms with E-state index in [1.54, 1.807) is 0 Å². The van der Waals surface area contributed by atoms with E-state index in [1.807, 2.05) is 18.0 Å². The number of anilines is 1. The molecule has 0 spiro atoms. The Morgan fingerprint density at radius 3 is 3.08 bits per heavy atom. The van der Waals surface area contributed by atoms with E-state index < -0.39 is 0 Å². The molecule has 1 rings (SSSR count). The van der Waals surface area contributed by atoms with Crippen molar-refractivity contribution in [1.29, 1.82) is 0 Å². The van der Waals surface area contributed by atoms with Gasteiger partial charge < -0.3 is 5.32 Å². The number of hydrogen-bond donors (Lipinski definition) is 1. The summed E-state index contributed by atoms with van der Waals surface area (Å²) < 4.78 is 0. The number of aromatic nitrogens is 1. The zero-order valence-electron chi connectivity index (χ0n) is 7.50. The van der Waals surface area contributed by atoms with Crippen molar-refractivity contribution in [3.8, 4) is 0 Å². The second-order valence-electron chi connectivity index (χ2n) is 2.51. The lowest BCUT2D eigenvalue weighted by atomic mass is 10.3.